The fourth-order valence-corrected chi connectivity index (χ4v) is 7.04. The van der Waals surface area contributed by atoms with Crippen LogP contribution < -0.4 is 5.32 Å². The van der Waals surface area contributed by atoms with Crippen LogP contribution in [0.5, 0.6) is 0 Å². The summed E-state index contributed by atoms with van der Waals surface area (Å²) in [6.45, 7) is 17.2. The molecule has 0 aliphatic carbocycles. The molecule has 0 bridgehead atoms. The normalized spacial score (nSPS) is 13.6. The van der Waals surface area contributed by atoms with Gasteiger partial charge >= 0.3 is 24.2 Å². The maximum atomic E-state index is 14.3. The number of carbonyl (C=O) groups excluding carboxylic acids is 6. The number of benzene rings is 2. The second kappa shape index (κ2) is 19.3. The van der Waals surface area contributed by atoms with Gasteiger partial charge in [0.1, 0.15) is 22.8 Å². The van der Waals surface area contributed by atoms with Crippen LogP contribution in [0.4, 0.5) is 14.4 Å². The van der Waals surface area contributed by atoms with Crippen LogP contribution in [0, 0.1) is 11.3 Å². The van der Waals surface area contributed by atoms with Gasteiger partial charge in [0.05, 0.1) is 24.7 Å². The zero-order chi connectivity index (χ0) is 44.6. The molecule has 60 heavy (non-hydrogen) atoms. The second-order valence-corrected chi connectivity index (χ2v) is 18.2. The fraction of sp³-hybridized carbons (Fsp3) is 0.455. The summed E-state index contributed by atoms with van der Waals surface area (Å²) in [6.07, 6.45) is -2.62. The van der Waals surface area contributed by atoms with Crippen molar-refractivity contribution in [2.45, 2.75) is 118 Å². The van der Waals surface area contributed by atoms with Gasteiger partial charge in [-0.15, -0.1) is 11.3 Å². The van der Waals surface area contributed by atoms with Crippen molar-refractivity contribution in [3.8, 4) is 6.07 Å². The van der Waals surface area contributed by atoms with Crippen molar-refractivity contribution in [2.24, 2.45) is 4.99 Å². The van der Waals surface area contributed by atoms with E-state index >= 15 is 0 Å². The van der Waals surface area contributed by atoms with Crippen molar-refractivity contribution in [2.75, 3.05) is 13.2 Å². The highest BCUT2D eigenvalue weighted by molar-refractivity contribution is 7.12. The Hall–Kier alpha value is -6.08. The number of rotatable bonds is 9. The average Bonchev–Trinajstić information content (AvgIpc) is 3.53. The Morgan fingerprint density at radius 2 is 1.42 bits per heavy atom. The maximum Gasteiger partial charge on any atom is 0.436 e. The number of esters is 1. The van der Waals surface area contributed by atoms with Gasteiger partial charge in [-0.1, -0.05) is 24.3 Å². The molecule has 1 N–H and O–H groups in total. The number of amides is 5. The van der Waals surface area contributed by atoms with E-state index in [0.717, 1.165) is 15.3 Å². The summed E-state index contributed by atoms with van der Waals surface area (Å²) in [5, 5.41) is 12.2. The highest BCUT2D eigenvalue weighted by Gasteiger charge is 2.37. The number of nitriles is 1. The number of amidine groups is 1. The van der Waals surface area contributed by atoms with Crippen LogP contribution in [0.25, 0.3) is 0 Å². The monoisotopic (exact) mass is 843 g/mol. The van der Waals surface area contributed by atoms with Crippen molar-refractivity contribution in [1.29, 1.82) is 5.26 Å². The minimum Gasteiger partial charge on any atom is -0.466 e. The molecule has 1 atom stereocenters. The first-order valence-corrected chi connectivity index (χ1v) is 20.3. The number of ether oxygens (including phenoxy) is 4. The minimum absolute atomic E-state index is 0.0570. The van der Waals surface area contributed by atoms with E-state index in [1.54, 1.807) is 98.4 Å². The van der Waals surface area contributed by atoms with E-state index in [4.69, 9.17) is 18.9 Å². The summed E-state index contributed by atoms with van der Waals surface area (Å²) in [5.41, 5.74) is -0.858. The first-order valence-electron chi connectivity index (χ1n) is 19.5. The smallest absolute Gasteiger partial charge is 0.436 e. The number of nitrogens with zero attached hydrogens (tertiary/aromatic N) is 4. The lowest BCUT2D eigenvalue weighted by atomic mass is 10.0. The van der Waals surface area contributed by atoms with E-state index in [0.29, 0.717) is 29.0 Å². The first-order chi connectivity index (χ1) is 27.9. The third-order valence-corrected chi connectivity index (χ3v) is 9.58. The molecular formula is C44H53N5O10S. The van der Waals surface area contributed by atoms with Gasteiger partial charge in [0.2, 0.25) is 5.91 Å². The largest absolute Gasteiger partial charge is 0.466 e. The minimum atomic E-state index is -1.17. The lowest BCUT2D eigenvalue weighted by molar-refractivity contribution is -0.142. The molecule has 5 amide bonds. The van der Waals surface area contributed by atoms with E-state index in [-0.39, 0.29) is 49.0 Å². The third kappa shape index (κ3) is 13.8. The molecule has 16 heteroatoms. The van der Waals surface area contributed by atoms with Gasteiger partial charge in [-0.25, -0.2) is 14.4 Å². The molecule has 1 unspecified atom stereocenters. The molecule has 1 aliphatic rings. The number of nitrogens with one attached hydrogen (secondary N) is 1. The number of aliphatic imine (C=N–C) groups is 1. The SMILES string of the molecule is CCOC(=O)Cc1cc2c(s1)CCN(C(=O)C(Cc1ccc(C#N)cc1)NC(=O)c1ccc(C(=NC(=O)OC(C)(C)C)N(C(=O)OC(C)(C)C)C(=O)OC(C)(C)C)cc1)C2. The fourth-order valence-electron chi connectivity index (χ4n) is 5.89. The molecule has 0 saturated carbocycles. The summed E-state index contributed by atoms with van der Waals surface area (Å²) in [7, 11) is 0. The van der Waals surface area contributed by atoms with E-state index in [1.165, 1.54) is 35.6 Å². The molecule has 0 radical (unpaired) electrons. The molecule has 1 aliphatic heterocycles. The lowest BCUT2D eigenvalue weighted by Gasteiger charge is -2.31. The molecule has 320 valence electrons. The number of imide groups is 1. The van der Waals surface area contributed by atoms with Crippen molar-refractivity contribution in [1.82, 2.24) is 15.1 Å². The summed E-state index contributed by atoms with van der Waals surface area (Å²) >= 11 is 1.52. The molecule has 2 heterocycles. The zero-order valence-corrected chi connectivity index (χ0v) is 36.6. The Balaban J connectivity index is 1.67. The highest BCUT2D eigenvalue weighted by Crippen LogP contribution is 2.29. The Morgan fingerprint density at radius 3 is 1.95 bits per heavy atom. The van der Waals surface area contributed by atoms with Crippen LogP contribution in [0.1, 0.15) is 112 Å². The molecule has 1 aromatic heterocycles. The van der Waals surface area contributed by atoms with Gasteiger partial charge in [0.25, 0.3) is 5.91 Å². The predicted octanol–water partition coefficient (Wildman–Crippen LogP) is 7.51. The van der Waals surface area contributed by atoms with E-state index in [9.17, 15) is 34.0 Å². The lowest BCUT2D eigenvalue weighted by Crippen LogP contribution is -2.50. The second-order valence-electron chi connectivity index (χ2n) is 17.0. The number of hydrogen-bond donors (Lipinski definition) is 1. The zero-order valence-electron chi connectivity index (χ0n) is 35.8. The summed E-state index contributed by atoms with van der Waals surface area (Å²) < 4.78 is 21.5. The summed E-state index contributed by atoms with van der Waals surface area (Å²) in [5.74, 6) is -1.74. The molecule has 15 nitrogen and oxygen atoms in total. The van der Waals surface area contributed by atoms with Gasteiger partial charge in [-0.05, 0) is 117 Å². The Bertz CT molecular complexity index is 2120. The highest BCUT2D eigenvalue weighted by atomic mass is 32.1. The topological polar surface area (TPSA) is 194 Å². The third-order valence-electron chi connectivity index (χ3n) is 8.34. The Kier molecular flexibility index (Phi) is 15.0. The van der Waals surface area contributed by atoms with Crippen molar-refractivity contribution < 1.29 is 47.7 Å². The first kappa shape index (κ1) is 46.6. The van der Waals surface area contributed by atoms with Crippen LogP contribution in [0.2, 0.25) is 0 Å². The van der Waals surface area contributed by atoms with Gasteiger partial charge in [-0.3, -0.25) is 14.4 Å². The molecule has 3 aromatic rings. The van der Waals surface area contributed by atoms with Crippen LogP contribution >= 0.6 is 11.3 Å². The van der Waals surface area contributed by atoms with Crippen LogP contribution in [-0.2, 0) is 54.3 Å². The van der Waals surface area contributed by atoms with Gasteiger partial charge in [0.15, 0.2) is 5.84 Å². The summed E-state index contributed by atoms with van der Waals surface area (Å²) in [6, 6.07) is 15.2. The van der Waals surface area contributed by atoms with Crippen LogP contribution in [0.3, 0.4) is 0 Å². The van der Waals surface area contributed by atoms with Crippen LogP contribution in [0.15, 0.2) is 59.6 Å². The molecule has 0 fully saturated rings. The Labute approximate surface area is 354 Å². The van der Waals surface area contributed by atoms with Crippen LogP contribution in [-0.4, -0.2) is 87.7 Å². The van der Waals surface area contributed by atoms with Gasteiger partial charge < -0.3 is 29.2 Å². The van der Waals surface area contributed by atoms with E-state index in [1.807, 2.05) is 6.07 Å². The number of thiophene rings is 1. The molecule has 2 aromatic carbocycles. The molecule has 4 rings (SSSR count). The van der Waals surface area contributed by atoms with Crippen molar-refractivity contribution in [3.63, 3.8) is 0 Å². The van der Waals surface area contributed by atoms with Crippen molar-refractivity contribution in [3.05, 3.63) is 92.2 Å². The van der Waals surface area contributed by atoms with Crippen molar-refractivity contribution >= 4 is 53.2 Å². The number of hydrogen-bond acceptors (Lipinski definition) is 12. The molecule has 0 saturated heterocycles. The molecular weight excluding hydrogens is 791 g/mol. The molecule has 0 spiro atoms. The maximum absolute atomic E-state index is 14.3. The van der Waals surface area contributed by atoms with E-state index in [2.05, 4.69) is 16.4 Å². The van der Waals surface area contributed by atoms with Gasteiger partial charge in [-0.2, -0.15) is 15.2 Å². The quantitative estimate of drug-likeness (QED) is 0.0970. The number of fused-ring (bicyclic) bond motifs is 1. The van der Waals surface area contributed by atoms with E-state index < -0.39 is 52.9 Å². The number of carbonyl (C=O) groups is 6. The Morgan fingerprint density at radius 1 is 0.850 bits per heavy atom. The average molecular weight is 844 g/mol. The predicted molar refractivity (Wildman–Crippen MR) is 223 cm³/mol. The summed E-state index contributed by atoms with van der Waals surface area (Å²) in [4.78, 5) is 88.8. The van der Waals surface area contributed by atoms with Gasteiger partial charge in [0, 0.05) is 40.4 Å². The standard InChI is InChI=1S/C44H53N5O10S/c1-11-56-35(50)24-32-23-31-26-48(21-20-34(31)60-32)38(52)33(22-27-12-14-28(25-45)15-13-27)46-37(51)30-18-16-29(17-19-30)36(47-39(53)57-42(2,3)4)49(40(54)58-43(5,6)7)41(55)59-44(8,9)10/h12-19,23,33H,11,20-22,24,26H2,1-10H3,(H,46,51).